The zero-order valence-electron chi connectivity index (χ0n) is 13.7. The molecule has 0 bridgehead atoms. The summed E-state index contributed by atoms with van der Waals surface area (Å²) in [4.78, 5) is 17.2. The minimum Gasteiger partial charge on any atom is -0.340 e. The summed E-state index contributed by atoms with van der Waals surface area (Å²) >= 11 is 0. The van der Waals surface area contributed by atoms with Crippen LogP contribution in [0.25, 0.3) is 0 Å². The molecule has 1 saturated heterocycles. The van der Waals surface area contributed by atoms with E-state index in [0.29, 0.717) is 18.2 Å². The molecule has 1 atom stereocenters. The molecule has 3 rings (SSSR count). The number of carbonyl (C=O) groups excluding carboxylic acids is 1. The second-order valence-corrected chi connectivity index (χ2v) is 6.87. The van der Waals surface area contributed by atoms with Gasteiger partial charge in [0.05, 0.1) is 0 Å². The van der Waals surface area contributed by atoms with Gasteiger partial charge >= 0.3 is 0 Å². The molecule has 1 saturated carbocycles. The third kappa shape index (κ3) is 3.70. The van der Waals surface area contributed by atoms with Crippen molar-refractivity contribution in [2.75, 3.05) is 26.2 Å². The van der Waals surface area contributed by atoms with Gasteiger partial charge in [-0.2, -0.15) is 0 Å². The first-order chi connectivity index (χ1) is 10.7. The zero-order chi connectivity index (χ0) is 15.4. The highest BCUT2D eigenvalue weighted by Gasteiger charge is 2.28. The van der Waals surface area contributed by atoms with E-state index in [1.807, 2.05) is 6.07 Å². The summed E-state index contributed by atoms with van der Waals surface area (Å²) in [5, 5.41) is 0. The van der Waals surface area contributed by atoms with Crippen molar-refractivity contribution in [1.82, 2.24) is 9.80 Å². The van der Waals surface area contributed by atoms with Crippen LogP contribution in [0.15, 0.2) is 30.3 Å². The summed E-state index contributed by atoms with van der Waals surface area (Å²) in [6.07, 6.45) is 6.13. The lowest BCUT2D eigenvalue weighted by Crippen LogP contribution is -2.51. The Balaban J connectivity index is 1.47. The second-order valence-electron chi connectivity index (χ2n) is 6.87. The van der Waals surface area contributed by atoms with Crippen LogP contribution in [0.4, 0.5) is 0 Å². The number of hydrogen-bond acceptors (Lipinski definition) is 2. The third-order valence-electron chi connectivity index (χ3n) is 5.36. The molecule has 1 aromatic carbocycles. The highest BCUT2D eigenvalue weighted by molar-refractivity contribution is 5.77. The van der Waals surface area contributed by atoms with Crippen LogP contribution < -0.4 is 0 Å². The standard InChI is InChI=1S/C19H28N2O/c1-16(17-7-3-2-4-8-17)15-19(22)21-13-11-20(12-14-21)18-9-5-6-10-18/h2-4,7-8,16,18H,5-6,9-15H2,1H3. The molecule has 1 aliphatic heterocycles. The SMILES string of the molecule is CC(CC(=O)N1CCN(C2CCCC2)CC1)c1ccccc1. The van der Waals surface area contributed by atoms with Crippen molar-refractivity contribution in [1.29, 1.82) is 0 Å². The Labute approximate surface area is 134 Å². The van der Waals surface area contributed by atoms with Gasteiger partial charge in [0.15, 0.2) is 0 Å². The summed E-state index contributed by atoms with van der Waals surface area (Å²) in [5.74, 6) is 0.629. The van der Waals surface area contributed by atoms with Crippen LogP contribution in [-0.4, -0.2) is 47.9 Å². The molecule has 1 unspecified atom stereocenters. The van der Waals surface area contributed by atoms with Gasteiger partial charge in [-0.15, -0.1) is 0 Å². The Kier molecular flexibility index (Phi) is 5.14. The van der Waals surface area contributed by atoms with E-state index in [0.717, 1.165) is 32.2 Å². The molecule has 0 radical (unpaired) electrons. The van der Waals surface area contributed by atoms with Crippen LogP contribution in [0.3, 0.4) is 0 Å². The topological polar surface area (TPSA) is 23.6 Å². The van der Waals surface area contributed by atoms with Gasteiger partial charge in [-0.1, -0.05) is 50.1 Å². The van der Waals surface area contributed by atoms with E-state index < -0.39 is 0 Å². The van der Waals surface area contributed by atoms with E-state index in [1.54, 1.807) is 0 Å². The molecule has 3 heteroatoms. The Morgan fingerprint density at radius 1 is 1.09 bits per heavy atom. The molecule has 0 N–H and O–H groups in total. The number of rotatable bonds is 4. The number of piperazine rings is 1. The van der Waals surface area contributed by atoms with Gasteiger partial charge in [0.2, 0.25) is 5.91 Å². The fourth-order valence-electron chi connectivity index (χ4n) is 3.90. The smallest absolute Gasteiger partial charge is 0.223 e. The average molecular weight is 300 g/mol. The first kappa shape index (κ1) is 15.5. The highest BCUT2D eigenvalue weighted by Crippen LogP contribution is 2.25. The summed E-state index contributed by atoms with van der Waals surface area (Å²) in [5.41, 5.74) is 1.26. The minimum atomic E-state index is 0.307. The van der Waals surface area contributed by atoms with E-state index in [9.17, 15) is 4.79 Å². The Morgan fingerprint density at radius 2 is 1.73 bits per heavy atom. The van der Waals surface area contributed by atoms with E-state index in [1.165, 1.54) is 31.2 Å². The summed E-state index contributed by atoms with van der Waals surface area (Å²) in [6, 6.07) is 11.2. The monoisotopic (exact) mass is 300 g/mol. The van der Waals surface area contributed by atoms with Crippen molar-refractivity contribution in [2.45, 2.75) is 51.0 Å². The van der Waals surface area contributed by atoms with Crippen molar-refractivity contribution < 1.29 is 4.79 Å². The van der Waals surface area contributed by atoms with Crippen molar-refractivity contribution in [3.8, 4) is 0 Å². The Hall–Kier alpha value is -1.35. The van der Waals surface area contributed by atoms with Gasteiger partial charge in [-0.25, -0.2) is 0 Å². The highest BCUT2D eigenvalue weighted by atomic mass is 16.2. The average Bonchev–Trinajstić information content (AvgIpc) is 3.10. The predicted molar refractivity (Wildman–Crippen MR) is 89.9 cm³/mol. The molecule has 1 aliphatic carbocycles. The van der Waals surface area contributed by atoms with Gasteiger partial charge in [0.25, 0.3) is 0 Å². The van der Waals surface area contributed by atoms with Gasteiger partial charge < -0.3 is 4.90 Å². The van der Waals surface area contributed by atoms with Crippen LogP contribution >= 0.6 is 0 Å². The predicted octanol–water partition coefficient (Wildman–Crippen LogP) is 3.27. The summed E-state index contributed by atoms with van der Waals surface area (Å²) in [6.45, 7) is 6.11. The van der Waals surface area contributed by atoms with Crippen molar-refractivity contribution >= 4 is 5.91 Å². The maximum absolute atomic E-state index is 12.5. The van der Waals surface area contributed by atoms with E-state index >= 15 is 0 Å². The normalized spacial score (nSPS) is 22.0. The minimum absolute atomic E-state index is 0.307. The lowest BCUT2D eigenvalue weighted by Gasteiger charge is -2.38. The lowest BCUT2D eigenvalue weighted by molar-refractivity contribution is -0.133. The maximum Gasteiger partial charge on any atom is 0.223 e. The number of nitrogens with zero attached hydrogens (tertiary/aromatic N) is 2. The number of hydrogen-bond donors (Lipinski definition) is 0. The molecular weight excluding hydrogens is 272 g/mol. The van der Waals surface area contributed by atoms with Crippen molar-refractivity contribution in [3.05, 3.63) is 35.9 Å². The molecule has 22 heavy (non-hydrogen) atoms. The van der Waals surface area contributed by atoms with Crippen molar-refractivity contribution in [2.24, 2.45) is 0 Å². The van der Waals surface area contributed by atoms with Crippen LogP contribution in [-0.2, 0) is 4.79 Å². The molecule has 0 aromatic heterocycles. The third-order valence-corrected chi connectivity index (χ3v) is 5.36. The molecule has 1 aromatic rings. The van der Waals surface area contributed by atoms with E-state index in [-0.39, 0.29) is 0 Å². The molecule has 1 amide bonds. The van der Waals surface area contributed by atoms with Crippen LogP contribution in [0.5, 0.6) is 0 Å². The molecule has 1 heterocycles. The molecule has 2 fully saturated rings. The summed E-state index contributed by atoms with van der Waals surface area (Å²) in [7, 11) is 0. The summed E-state index contributed by atoms with van der Waals surface area (Å²) < 4.78 is 0. The molecule has 120 valence electrons. The molecular formula is C19H28N2O. The Bertz CT molecular complexity index is 473. The first-order valence-electron chi connectivity index (χ1n) is 8.81. The van der Waals surface area contributed by atoms with Gasteiger partial charge in [-0.3, -0.25) is 9.69 Å². The zero-order valence-corrected chi connectivity index (χ0v) is 13.7. The lowest BCUT2D eigenvalue weighted by atomic mass is 9.97. The fraction of sp³-hybridized carbons (Fsp3) is 0.632. The van der Waals surface area contributed by atoms with Crippen LogP contribution in [0, 0.1) is 0 Å². The van der Waals surface area contributed by atoms with Gasteiger partial charge in [-0.05, 0) is 24.3 Å². The van der Waals surface area contributed by atoms with E-state index in [2.05, 4.69) is 41.0 Å². The van der Waals surface area contributed by atoms with Gasteiger partial charge in [0, 0.05) is 38.6 Å². The van der Waals surface area contributed by atoms with Crippen molar-refractivity contribution in [3.63, 3.8) is 0 Å². The second kappa shape index (κ2) is 7.28. The molecule has 0 spiro atoms. The van der Waals surface area contributed by atoms with Gasteiger partial charge in [0.1, 0.15) is 0 Å². The molecule has 2 aliphatic rings. The number of amides is 1. The Morgan fingerprint density at radius 3 is 2.36 bits per heavy atom. The van der Waals surface area contributed by atoms with E-state index in [4.69, 9.17) is 0 Å². The number of carbonyl (C=O) groups is 1. The molecule has 3 nitrogen and oxygen atoms in total. The maximum atomic E-state index is 12.5. The first-order valence-corrected chi connectivity index (χ1v) is 8.81. The quantitative estimate of drug-likeness (QED) is 0.852. The fourth-order valence-corrected chi connectivity index (χ4v) is 3.90. The van der Waals surface area contributed by atoms with Crippen LogP contribution in [0.1, 0.15) is 50.5 Å². The largest absolute Gasteiger partial charge is 0.340 e. The number of benzene rings is 1. The van der Waals surface area contributed by atoms with Crippen LogP contribution in [0.2, 0.25) is 0 Å².